The van der Waals surface area contributed by atoms with Crippen LogP contribution in [0.25, 0.3) is 0 Å². The molecule has 0 amide bonds. The first-order chi connectivity index (χ1) is 9.86. The Balaban J connectivity index is 1.73. The van der Waals surface area contributed by atoms with Crippen molar-refractivity contribution in [2.24, 2.45) is 0 Å². The van der Waals surface area contributed by atoms with Gasteiger partial charge in [0.1, 0.15) is 0 Å². The molecule has 1 aliphatic heterocycles. The van der Waals surface area contributed by atoms with Crippen molar-refractivity contribution in [3.05, 3.63) is 59.2 Å². The summed E-state index contributed by atoms with van der Waals surface area (Å²) in [5.74, 6) is 0. The molecule has 2 aromatic rings. The molecule has 0 fully saturated rings. The normalized spacial score (nSPS) is 12.9. The fraction of sp³-hybridized carbons (Fsp3) is 0.235. The molecular formula is C17H17N3. The molecule has 0 aliphatic carbocycles. The molecule has 1 aliphatic rings. The number of rotatable bonds is 3. The van der Waals surface area contributed by atoms with E-state index in [1.165, 1.54) is 23.2 Å². The van der Waals surface area contributed by atoms with E-state index in [-0.39, 0.29) is 0 Å². The molecule has 20 heavy (non-hydrogen) atoms. The second-order valence-corrected chi connectivity index (χ2v) is 5.02. The molecule has 0 saturated carbocycles. The van der Waals surface area contributed by atoms with Gasteiger partial charge in [0.05, 0.1) is 11.6 Å². The van der Waals surface area contributed by atoms with Crippen molar-refractivity contribution in [1.29, 1.82) is 5.26 Å². The van der Waals surface area contributed by atoms with E-state index in [9.17, 15) is 0 Å². The second kappa shape index (κ2) is 5.66. The number of nitrogens with one attached hydrogen (secondary N) is 2. The van der Waals surface area contributed by atoms with Crippen LogP contribution in [0, 0.1) is 11.3 Å². The van der Waals surface area contributed by atoms with Gasteiger partial charge < -0.3 is 10.6 Å². The van der Waals surface area contributed by atoms with Crippen LogP contribution >= 0.6 is 0 Å². The highest BCUT2D eigenvalue weighted by Crippen LogP contribution is 2.26. The van der Waals surface area contributed by atoms with E-state index >= 15 is 0 Å². The summed E-state index contributed by atoms with van der Waals surface area (Å²) in [6, 6.07) is 16.2. The molecule has 3 nitrogen and oxygen atoms in total. The highest BCUT2D eigenvalue weighted by atomic mass is 14.9. The lowest BCUT2D eigenvalue weighted by Gasteiger charge is -2.21. The molecule has 0 saturated heterocycles. The summed E-state index contributed by atoms with van der Waals surface area (Å²) in [4.78, 5) is 0. The van der Waals surface area contributed by atoms with E-state index in [4.69, 9.17) is 5.26 Å². The van der Waals surface area contributed by atoms with Crippen LogP contribution in [0.4, 0.5) is 11.4 Å². The maximum Gasteiger partial charge on any atom is 0.0991 e. The Bertz CT molecular complexity index is 638. The van der Waals surface area contributed by atoms with Crippen molar-refractivity contribution in [3.63, 3.8) is 0 Å². The average Bonchev–Trinajstić information content (AvgIpc) is 2.53. The maximum atomic E-state index is 8.79. The number of fused-ring (bicyclic) bond motifs is 1. The van der Waals surface area contributed by atoms with Gasteiger partial charge in [-0.1, -0.05) is 18.2 Å². The van der Waals surface area contributed by atoms with Crippen LogP contribution < -0.4 is 10.6 Å². The largest absolute Gasteiger partial charge is 0.385 e. The van der Waals surface area contributed by atoms with Crippen LogP contribution in [-0.4, -0.2) is 6.54 Å². The van der Waals surface area contributed by atoms with Gasteiger partial charge in [-0.15, -0.1) is 0 Å². The first kappa shape index (κ1) is 12.6. The smallest absolute Gasteiger partial charge is 0.0991 e. The Morgan fingerprint density at radius 2 is 2.00 bits per heavy atom. The molecule has 0 radical (unpaired) electrons. The molecular weight excluding hydrogens is 246 g/mol. The highest BCUT2D eigenvalue weighted by Gasteiger charge is 2.11. The van der Waals surface area contributed by atoms with Crippen molar-refractivity contribution < 1.29 is 0 Å². The van der Waals surface area contributed by atoms with Crippen molar-refractivity contribution in [2.75, 3.05) is 17.2 Å². The van der Waals surface area contributed by atoms with Crippen molar-refractivity contribution in [2.45, 2.75) is 19.4 Å². The summed E-state index contributed by atoms with van der Waals surface area (Å²) in [6.45, 7) is 1.85. The zero-order valence-corrected chi connectivity index (χ0v) is 11.3. The van der Waals surface area contributed by atoms with E-state index in [2.05, 4.69) is 34.9 Å². The summed E-state index contributed by atoms with van der Waals surface area (Å²) in [5, 5.41) is 15.7. The lowest BCUT2D eigenvalue weighted by Crippen LogP contribution is -2.14. The molecule has 2 aromatic carbocycles. The van der Waals surface area contributed by atoms with Crippen LogP contribution in [0.3, 0.4) is 0 Å². The van der Waals surface area contributed by atoms with Gasteiger partial charge in [0, 0.05) is 24.5 Å². The number of nitriles is 1. The molecule has 0 aromatic heterocycles. The lowest BCUT2D eigenvalue weighted by molar-refractivity contribution is 0.825. The topological polar surface area (TPSA) is 47.9 Å². The van der Waals surface area contributed by atoms with Crippen LogP contribution in [0.1, 0.15) is 23.1 Å². The molecule has 0 unspecified atom stereocenters. The van der Waals surface area contributed by atoms with Crippen LogP contribution in [-0.2, 0) is 13.0 Å². The van der Waals surface area contributed by atoms with Gasteiger partial charge in [-0.2, -0.15) is 5.26 Å². The van der Waals surface area contributed by atoms with E-state index in [1.54, 1.807) is 0 Å². The third kappa shape index (κ3) is 2.60. The molecule has 3 rings (SSSR count). The molecule has 1 heterocycles. The molecule has 3 heteroatoms. The molecule has 0 bridgehead atoms. The predicted molar refractivity (Wildman–Crippen MR) is 81.7 cm³/mol. The van der Waals surface area contributed by atoms with Crippen LogP contribution in [0.5, 0.6) is 0 Å². The highest BCUT2D eigenvalue weighted by molar-refractivity contribution is 5.60. The van der Waals surface area contributed by atoms with Gasteiger partial charge in [0.15, 0.2) is 0 Å². The zero-order valence-electron chi connectivity index (χ0n) is 11.3. The third-order valence-electron chi connectivity index (χ3n) is 3.66. The second-order valence-electron chi connectivity index (χ2n) is 5.02. The summed E-state index contributed by atoms with van der Waals surface area (Å²) >= 11 is 0. The molecule has 0 atom stereocenters. The Kier molecular flexibility index (Phi) is 3.56. The summed E-state index contributed by atoms with van der Waals surface area (Å²) in [7, 11) is 0. The van der Waals surface area contributed by atoms with Crippen molar-refractivity contribution in [3.8, 4) is 6.07 Å². The fourth-order valence-electron chi connectivity index (χ4n) is 2.59. The van der Waals surface area contributed by atoms with Crippen molar-refractivity contribution in [1.82, 2.24) is 0 Å². The van der Waals surface area contributed by atoms with Crippen LogP contribution in [0.15, 0.2) is 42.5 Å². The lowest BCUT2D eigenvalue weighted by atomic mass is 9.99. The number of hydrogen-bond acceptors (Lipinski definition) is 3. The van der Waals surface area contributed by atoms with Gasteiger partial charge in [-0.3, -0.25) is 0 Å². The maximum absolute atomic E-state index is 8.79. The fourth-order valence-corrected chi connectivity index (χ4v) is 2.59. The number of hydrogen-bond donors (Lipinski definition) is 2. The minimum Gasteiger partial charge on any atom is -0.385 e. The average molecular weight is 263 g/mol. The quantitative estimate of drug-likeness (QED) is 0.890. The van der Waals surface area contributed by atoms with Gasteiger partial charge >= 0.3 is 0 Å². The molecule has 100 valence electrons. The number of benzene rings is 2. The van der Waals surface area contributed by atoms with Crippen LogP contribution in [0.2, 0.25) is 0 Å². The Labute approximate surface area is 119 Å². The first-order valence-electron chi connectivity index (χ1n) is 6.95. The Morgan fingerprint density at radius 1 is 1.15 bits per heavy atom. The van der Waals surface area contributed by atoms with Gasteiger partial charge in [0.25, 0.3) is 0 Å². The number of para-hydroxylation sites is 1. The summed E-state index contributed by atoms with van der Waals surface area (Å²) in [6.07, 6.45) is 2.37. The first-order valence-corrected chi connectivity index (χ1v) is 6.95. The molecule has 0 spiro atoms. The van der Waals surface area contributed by atoms with E-state index in [0.29, 0.717) is 5.56 Å². The van der Waals surface area contributed by atoms with Gasteiger partial charge in [0.2, 0.25) is 0 Å². The van der Waals surface area contributed by atoms with E-state index in [0.717, 1.165) is 25.2 Å². The summed E-state index contributed by atoms with van der Waals surface area (Å²) < 4.78 is 0. The SMILES string of the molecule is N#Cc1ccc(NCc2cccc3c2NCCC3)cc1. The minimum absolute atomic E-state index is 0.689. The monoisotopic (exact) mass is 263 g/mol. The number of anilines is 2. The van der Waals surface area contributed by atoms with E-state index in [1.807, 2.05) is 24.3 Å². The number of nitrogens with zero attached hydrogens (tertiary/aromatic N) is 1. The third-order valence-corrected chi connectivity index (χ3v) is 3.66. The van der Waals surface area contributed by atoms with E-state index < -0.39 is 0 Å². The van der Waals surface area contributed by atoms with Crippen molar-refractivity contribution >= 4 is 11.4 Å². The Morgan fingerprint density at radius 3 is 2.80 bits per heavy atom. The predicted octanol–water partition coefficient (Wildman–Crippen LogP) is 3.53. The Hall–Kier alpha value is -2.47. The number of aryl methyl sites for hydroxylation is 1. The summed E-state index contributed by atoms with van der Waals surface area (Å²) in [5.41, 5.74) is 5.73. The standard InChI is InChI=1S/C17H17N3/c18-11-13-6-8-16(9-7-13)20-12-15-4-1-3-14-5-2-10-19-17(14)15/h1,3-4,6-9,19-20H,2,5,10,12H2. The minimum atomic E-state index is 0.689. The zero-order chi connectivity index (χ0) is 13.8. The van der Waals surface area contributed by atoms with Gasteiger partial charge in [-0.25, -0.2) is 0 Å². The van der Waals surface area contributed by atoms with Gasteiger partial charge in [-0.05, 0) is 48.2 Å². The molecule has 2 N–H and O–H groups in total.